The molecule has 1 N–H and O–H groups in total. The quantitative estimate of drug-likeness (QED) is 0.690. The molecule has 162 valence electrons. The average molecular weight is 432 g/mol. The number of aromatic nitrogens is 2. The van der Waals surface area contributed by atoms with Crippen LogP contribution >= 0.6 is 0 Å². The Bertz CT molecular complexity index is 1040. The standard InChI is InChI=1S/C21H29N5O3S/c1-3-25-11-13-26(14-12-25)10-6-9-22-21(27)19-17-15-30(28,29)18-8-5-4-7-16(18)20(17)24(2)23-19/h4-5,7-8H,3,6,9-15H2,1-2H3,(H,22,27). The summed E-state index contributed by atoms with van der Waals surface area (Å²) in [5.41, 5.74) is 2.02. The van der Waals surface area contributed by atoms with Gasteiger partial charge in [0.15, 0.2) is 15.5 Å². The molecule has 0 unspecified atom stereocenters. The third-order valence-corrected chi connectivity index (χ3v) is 7.72. The summed E-state index contributed by atoms with van der Waals surface area (Å²) in [5.74, 6) is -0.505. The molecule has 1 aromatic carbocycles. The highest BCUT2D eigenvalue weighted by Crippen LogP contribution is 2.38. The third kappa shape index (κ3) is 4.01. The van der Waals surface area contributed by atoms with Crippen molar-refractivity contribution in [3.8, 4) is 11.3 Å². The minimum Gasteiger partial charge on any atom is -0.351 e. The summed E-state index contributed by atoms with van der Waals surface area (Å²) in [6.07, 6.45) is 0.855. The van der Waals surface area contributed by atoms with Crippen LogP contribution in [0.15, 0.2) is 29.2 Å². The van der Waals surface area contributed by atoms with Gasteiger partial charge in [-0.05, 0) is 25.6 Å². The molecule has 0 atom stereocenters. The molecule has 2 aliphatic heterocycles. The molecular formula is C21H29N5O3S. The summed E-state index contributed by atoms with van der Waals surface area (Å²) < 4.78 is 27.1. The number of nitrogens with zero attached hydrogens (tertiary/aromatic N) is 4. The number of hydrogen-bond donors (Lipinski definition) is 1. The fraction of sp³-hybridized carbons (Fsp3) is 0.524. The second-order valence-electron chi connectivity index (χ2n) is 7.94. The topological polar surface area (TPSA) is 87.5 Å². The van der Waals surface area contributed by atoms with Crippen LogP contribution in [-0.4, -0.2) is 79.7 Å². The zero-order chi connectivity index (χ0) is 21.3. The number of hydrogen-bond acceptors (Lipinski definition) is 6. The van der Waals surface area contributed by atoms with Crippen LogP contribution in [-0.2, 0) is 22.6 Å². The van der Waals surface area contributed by atoms with E-state index in [4.69, 9.17) is 0 Å². The maximum Gasteiger partial charge on any atom is 0.272 e. The average Bonchev–Trinajstić information content (AvgIpc) is 3.07. The minimum absolute atomic E-state index is 0.197. The van der Waals surface area contributed by atoms with Crippen LogP contribution in [0, 0.1) is 0 Å². The highest BCUT2D eigenvalue weighted by Gasteiger charge is 2.34. The molecule has 1 amide bonds. The van der Waals surface area contributed by atoms with Crippen molar-refractivity contribution in [3.05, 3.63) is 35.5 Å². The van der Waals surface area contributed by atoms with Gasteiger partial charge >= 0.3 is 0 Å². The lowest BCUT2D eigenvalue weighted by Gasteiger charge is -2.33. The molecule has 0 spiro atoms. The van der Waals surface area contributed by atoms with E-state index in [2.05, 4.69) is 27.1 Å². The summed E-state index contributed by atoms with van der Waals surface area (Å²) in [4.78, 5) is 17.9. The Morgan fingerprint density at radius 3 is 2.57 bits per heavy atom. The van der Waals surface area contributed by atoms with Gasteiger partial charge in [0.25, 0.3) is 5.91 Å². The van der Waals surface area contributed by atoms with Crippen LogP contribution in [0.3, 0.4) is 0 Å². The van der Waals surface area contributed by atoms with Gasteiger partial charge in [0.2, 0.25) is 0 Å². The molecule has 9 heteroatoms. The molecule has 1 fully saturated rings. The van der Waals surface area contributed by atoms with Gasteiger partial charge in [-0.2, -0.15) is 5.10 Å². The van der Waals surface area contributed by atoms with Crippen LogP contribution < -0.4 is 5.32 Å². The van der Waals surface area contributed by atoms with Gasteiger partial charge in [0.1, 0.15) is 0 Å². The maximum atomic E-state index is 12.8. The van der Waals surface area contributed by atoms with Crippen molar-refractivity contribution in [2.24, 2.45) is 7.05 Å². The Kier molecular flexibility index (Phi) is 5.95. The second-order valence-corrected chi connectivity index (χ2v) is 9.90. The summed E-state index contributed by atoms with van der Waals surface area (Å²) in [6.45, 7) is 9.09. The first-order valence-electron chi connectivity index (χ1n) is 10.5. The summed E-state index contributed by atoms with van der Waals surface area (Å²) in [5, 5.41) is 7.29. The number of aryl methyl sites for hydroxylation is 1. The van der Waals surface area contributed by atoms with Gasteiger partial charge in [0, 0.05) is 50.9 Å². The molecule has 0 aliphatic carbocycles. The van der Waals surface area contributed by atoms with Gasteiger partial charge in [-0.25, -0.2) is 8.42 Å². The predicted molar refractivity (Wildman–Crippen MR) is 115 cm³/mol. The highest BCUT2D eigenvalue weighted by atomic mass is 32.2. The highest BCUT2D eigenvalue weighted by molar-refractivity contribution is 7.90. The zero-order valence-electron chi connectivity index (χ0n) is 17.6. The van der Waals surface area contributed by atoms with Gasteiger partial charge < -0.3 is 15.1 Å². The summed E-state index contributed by atoms with van der Waals surface area (Å²) in [6, 6.07) is 6.90. The second kappa shape index (κ2) is 8.49. The van der Waals surface area contributed by atoms with E-state index in [1.807, 2.05) is 0 Å². The van der Waals surface area contributed by atoms with E-state index >= 15 is 0 Å². The zero-order valence-corrected chi connectivity index (χ0v) is 18.4. The number of amides is 1. The smallest absolute Gasteiger partial charge is 0.272 e. The van der Waals surface area contributed by atoms with Crippen molar-refractivity contribution in [3.63, 3.8) is 0 Å². The largest absolute Gasteiger partial charge is 0.351 e. The van der Waals surface area contributed by atoms with Gasteiger partial charge in [-0.15, -0.1) is 0 Å². The Morgan fingerprint density at radius 2 is 1.83 bits per heavy atom. The molecule has 0 saturated carbocycles. The molecular weight excluding hydrogens is 402 g/mol. The Balaban J connectivity index is 1.41. The van der Waals surface area contributed by atoms with Crippen LogP contribution in [0.1, 0.15) is 29.4 Å². The van der Waals surface area contributed by atoms with E-state index in [9.17, 15) is 13.2 Å². The van der Waals surface area contributed by atoms with Crippen LogP contribution in [0.4, 0.5) is 0 Å². The number of carbonyl (C=O) groups excluding carboxylic acids is 1. The Labute approximate surface area is 177 Å². The van der Waals surface area contributed by atoms with E-state index < -0.39 is 9.84 Å². The van der Waals surface area contributed by atoms with E-state index in [-0.39, 0.29) is 17.4 Å². The van der Waals surface area contributed by atoms with Crippen molar-refractivity contribution in [1.29, 1.82) is 0 Å². The fourth-order valence-electron chi connectivity index (χ4n) is 4.34. The van der Waals surface area contributed by atoms with Crippen molar-refractivity contribution in [2.75, 3.05) is 45.8 Å². The van der Waals surface area contributed by atoms with Crippen molar-refractivity contribution < 1.29 is 13.2 Å². The lowest BCUT2D eigenvalue weighted by atomic mass is 10.1. The van der Waals surface area contributed by atoms with Gasteiger partial charge in [-0.1, -0.05) is 25.1 Å². The summed E-state index contributed by atoms with van der Waals surface area (Å²) in [7, 11) is -1.74. The molecule has 2 aromatic rings. The number of fused-ring (bicyclic) bond motifs is 3. The van der Waals surface area contributed by atoms with Crippen molar-refractivity contribution >= 4 is 15.7 Å². The van der Waals surface area contributed by atoms with Crippen LogP contribution in [0.2, 0.25) is 0 Å². The first kappa shape index (κ1) is 21.0. The number of piperazine rings is 1. The molecule has 8 nitrogen and oxygen atoms in total. The lowest BCUT2D eigenvalue weighted by Crippen LogP contribution is -2.46. The number of nitrogens with one attached hydrogen (secondary N) is 1. The first-order valence-corrected chi connectivity index (χ1v) is 12.2. The Hall–Kier alpha value is -2.23. The molecule has 0 bridgehead atoms. The Morgan fingerprint density at radius 1 is 1.13 bits per heavy atom. The summed E-state index contributed by atoms with van der Waals surface area (Å²) >= 11 is 0. The van der Waals surface area contributed by atoms with Crippen molar-refractivity contribution in [2.45, 2.75) is 24.0 Å². The first-order chi connectivity index (χ1) is 14.4. The fourth-order valence-corrected chi connectivity index (χ4v) is 5.94. The van der Waals surface area contributed by atoms with E-state index in [1.165, 1.54) is 0 Å². The monoisotopic (exact) mass is 431 g/mol. The van der Waals surface area contributed by atoms with E-state index in [0.717, 1.165) is 45.7 Å². The normalized spacial score (nSPS) is 18.6. The van der Waals surface area contributed by atoms with Crippen LogP contribution in [0.25, 0.3) is 11.3 Å². The maximum absolute atomic E-state index is 12.8. The molecule has 30 heavy (non-hydrogen) atoms. The number of likely N-dealkylation sites (N-methyl/N-ethyl adjacent to an activating group) is 1. The van der Waals surface area contributed by atoms with Crippen molar-refractivity contribution in [1.82, 2.24) is 24.9 Å². The number of sulfone groups is 1. The molecule has 2 aliphatic rings. The van der Waals surface area contributed by atoms with Gasteiger partial charge in [-0.3, -0.25) is 9.48 Å². The molecule has 0 radical (unpaired) electrons. The molecule has 1 aromatic heterocycles. The SMILES string of the molecule is CCN1CCN(CCCNC(=O)c2nn(C)c3c2CS(=O)(=O)c2ccccc2-3)CC1. The molecule has 1 saturated heterocycles. The van der Waals surface area contributed by atoms with E-state index in [1.54, 1.807) is 36.0 Å². The van der Waals surface area contributed by atoms with E-state index in [0.29, 0.717) is 28.3 Å². The lowest BCUT2D eigenvalue weighted by molar-refractivity contribution is 0.0942. The third-order valence-electron chi connectivity index (χ3n) is 6.02. The van der Waals surface area contributed by atoms with Gasteiger partial charge in [0.05, 0.1) is 16.3 Å². The van der Waals surface area contributed by atoms with Crippen LogP contribution in [0.5, 0.6) is 0 Å². The predicted octanol–water partition coefficient (Wildman–Crippen LogP) is 1.13. The molecule has 4 rings (SSSR count). The number of carbonyl (C=O) groups is 1. The number of rotatable bonds is 6. The molecule has 3 heterocycles. The minimum atomic E-state index is -3.49. The number of benzene rings is 1.